The van der Waals surface area contributed by atoms with Gasteiger partial charge in [0.1, 0.15) is 0 Å². The molecule has 1 amide bonds. The number of hydrogen-bond donors (Lipinski definition) is 2. The van der Waals surface area contributed by atoms with Gasteiger partial charge in [-0.15, -0.1) is 0 Å². The summed E-state index contributed by atoms with van der Waals surface area (Å²) in [5.41, 5.74) is 1.24. The first-order valence-corrected chi connectivity index (χ1v) is 9.05. The molecule has 0 saturated carbocycles. The quantitative estimate of drug-likeness (QED) is 0.830. The van der Waals surface area contributed by atoms with E-state index in [-0.39, 0.29) is 17.9 Å². The molecule has 24 heavy (non-hydrogen) atoms. The van der Waals surface area contributed by atoms with Crippen molar-refractivity contribution in [2.24, 2.45) is 5.92 Å². The van der Waals surface area contributed by atoms with Crippen LogP contribution in [-0.2, 0) is 16.1 Å². The molecular weight excluding hydrogens is 304 g/mol. The first kappa shape index (κ1) is 17.4. The summed E-state index contributed by atoms with van der Waals surface area (Å²) < 4.78 is 5.32. The second kappa shape index (κ2) is 8.60. The molecule has 0 bridgehead atoms. The van der Waals surface area contributed by atoms with Crippen molar-refractivity contribution in [2.45, 2.75) is 44.4 Å². The molecule has 2 N–H and O–H groups in total. The predicted molar refractivity (Wildman–Crippen MR) is 92.4 cm³/mol. The molecule has 2 aliphatic rings. The third-order valence-electron chi connectivity index (χ3n) is 5.19. The molecule has 2 fully saturated rings. The number of carbonyl (C=O) groups excluding carboxylic acids is 1. The average molecular weight is 332 g/mol. The number of ether oxygens (including phenoxy) is 1. The van der Waals surface area contributed by atoms with Crippen molar-refractivity contribution < 1.29 is 14.6 Å². The summed E-state index contributed by atoms with van der Waals surface area (Å²) in [4.78, 5) is 14.8. The van der Waals surface area contributed by atoms with Crippen LogP contribution in [-0.4, -0.2) is 54.4 Å². The van der Waals surface area contributed by atoms with Crippen LogP contribution >= 0.6 is 0 Å². The average Bonchev–Trinajstić information content (AvgIpc) is 3.09. The number of aliphatic hydroxyl groups excluding tert-OH is 1. The Hall–Kier alpha value is -1.43. The van der Waals surface area contributed by atoms with E-state index in [0.717, 1.165) is 38.8 Å². The second-order valence-corrected chi connectivity index (χ2v) is 6.88. The highest BCUT2D eigenvalue weighted by atomic mass is 16.5. The number of benzene rings is 1. The van der Waals surface area contributed by atoms with E-state index in [9.17, 15) is 9.90 Å². The van der Waals surface area contributed by atoms with Gasteiger partial charge in [0.25, 0.3) is 0 Å². The summed E-state index contributed by atoms with van der Waals surface area (Å²) in [6, 6.07) is 10.2. The highest BCUT2D eigenvalue weighted by molar-refractivity contribution is 5.82. The Morgan fingerprint density at radius 3 is 2.75 bits per heavy atom. The number of likely N-dealkylation sites (tertiary alicyclic amines) is 1. The topological polar surface area (TPSA) is 61.8 Å². The van der Waals surface area contributed by atoms with Crippen LogP contribution in [0.25, 0.3) is 0 Å². The molecule has 0 radical (unpaired) electrons. The molecule has 0 unspecified atom stereocenters. The number of nitrogens with one attached hydrogen (secondary N) is 1. The molecule has 5 heteroatoms. The van der Waals surface area contributed by atoms with E-state index >= 15 is 0 Å². The zero-order valence-corrected chi connectivity index (χ0v) is 14.2. The van der Waals surface area contributed by atoms with Crippen LogP contribution in [0.2, 0.25) is 0 Å². The lowest BCUT2D eigenvalue weighted by Gasteiger charge is -2.28. The maximum Gasteiger partial charge on any atom is 0.237 e. The highest BCUT2D eigenvalue weighted by Crippen LogP contribution is 2.21. The van der Waals surface area contributed by atoms with Crippen LogP contribution in [0.3, 0.4) is 0 Å². The normalized spacial score (nSPS) is 24.0. The van der Waals surface area contributed by atoms with Crippen molar-refractivity contribution >= 4 is 5.91 Å². The minimum Gasteiger partial charge on any atom is -0.391 e. The van der Waals surface area contributed by atoms with Gasteiger partial charge in [-0.1, -0.05) is 30.3 Å². The fourth-order valence-corrected chi connectivity index (χ4v) is 3.72. The predicted octanol–water partition coefficient (Wildman–Crippen LogP) is 1.55. The smallest absolute Gasteiger partial charge is 0.237 e. The molecule has 132 valence electrons. The van der Waals surface area contributed by atoms with Crippen molar-refractivity contribution in [3.8, 4) is 0 Å². The standard InChI is InChI=1S/C19H28N2O3/c22-18(16-8-11-24-12-9-16)13-20-19(23)17-7-4-10-21(17)14-15-5-2-1-3-6-15/h1-3,5-6,16-18,22H,4,7-14H2,(H,20,23)/t17-,18+/m0/s1. The minimum absolute atomic E-state index is 0.0505. The molecule has 2 heterocycles. The zero-order valence-electron chi connectivity index (χ0n) is 14.2. The minimum atomic E-state index is -0.471. The lowest BCUT2D eigenvalue weighted by atomic mass is 9.94. The molecule has 2 atom stereocenters. The first-order valence-electron chi connectivity index (χ1n) is 9.05. The van der Waals surface area contributed by atoms with Crippen molar-refractivity contribution in [1.82, 2.24) is 10.2 Å². The summed E-state index contributed by atoms with van der Waals surface area (Å²) in [6.07, 6.45) is 3.22. The van der Waals surface area contributed by atoms with Gasteiger partial charge in [0, 0.05) is 26.3 Å². The summed E-state index contributed by atoms with van der Waals surface area (Å²) in [6.45, 7) is 3.53. The number of nitrogens with zero attached hydrogens (tertiary/aromatic N) is 1. The van der Waals surface area contributed by atoms with E-state index in [0.29, 0.717) is 19.8 Å². The highest BCUT2D eigenvalue weighted by Gasteiger charge is 2.31. The van der Waals surface area contributed by atoms with Gasteiger partial charge in [-0.3, -0.25) is 9.69 Å². The largest absolute Gasteiger partial charge is 0.391 e. The van der Waals surface area contributed by atoms with Crippen LogP contribution in [0.15, 0.2) is 30.3 Å². The van der Waals surface area contributed by atoms with E-state index in [1.54, 1.807) is 0 Å². The van der Waals surface area contributed by atoms with Gasteiger partial charge >= 0.3 is 0 Å². The summed E-state index contributed by atoms with van der Waals surface area (Å²) in [5.74, 6) is 0.289. The number of rotatable bonds is 6. The van der Waals surface area contributed by atoms with Crippen LogP contribution in [0, 0.1) is 5.92 Å². The second-order valence-electron chi connectivity index (χ2n) is 6.88. The number of hydrogen-bond acceptors (Lipinski definition) is 4. The molecule has 0 spiro atoms. The molecule has 2 aliphatic heterocycles. The van der Waals surface area contributed by atoms with E-state index in [4.69, 9.17) is 4.74 Å². The zero-order chi connectivity index (χ0) is 16.8. The summed E-state index contributed by atoms with van der Waals surface area (Å²) in [7, 11) is 0. The van der Waals surface area contributed by atoms with E-state index in [1.807, 2.05) is 18.2 Å². The van der Waals surface area contributed by atoms with E-state index < -0.39 is 6.10 Å². The maximum atomic E-state index is 12.5. The Morgan fingerprint density at radius 2 is 2.00 bits per heavy atom. The van der Waals surface area contributed by atoms with Crippen LogP contribution in [0.4, 0.5) is 0 Å². The van der Waals surface area contributed by atoms with Crippen molar-refractivity contribution in [1.29, 1.82) is 0 Å². The summed E-state index contributed by atoms with van der Waals surface area (Å²) in [5, 5.41) is 13.2. The number of aliphatic hydroxyl groups is 1. The van der Waals surface area contributed by atoms with Crippen molar-refractivity contribution in [3.63, 3.8) is 0 Å². The molecule has 0 aromatic heterocycles. The Balaban J connectivity index is 1.48. The summed E-state index contributed by atoms with van der Waals surface area (Å²) >= 11 is 0. The van der Waals surface area contributed by atoms with Gasteiger partial charge in [0.2, 0.25) is 5.91 Å². The first-order chi connectivity index (χ1) is 11.7. The molecule has 2 saturated heterocycles. The van der Waals surface area contributed by atoms with Gasteiger partial charge < -0.3 is 15.2 Å². The molecule has 1 aromatic rings. The molecular formula is C19H28N2O3. The lowest BCUT2D eigenvalue weighted by Crippen LogP contribution is -2.46. The Morgan fingerprint density at radius 1 is 1.25 bits per heavy atom. The molecule has 5 nitrogen and oxygen atoms in total. The molecule has 0 aliphatic carbocycles. The number of carbonyl (C=O) groups is 1. The van der Waals surface area contributed by atoms with Crippen LogP contribution in [0.1, 0.15) is 31.2 Å². The molecule has 3 rings (SSSR count). The van der Waals surface area contributed by atoms with Crippen molar-refractivity contribution in [3.05, 3.63) is 35.9 Å². The van der Waals surface area contributed by atoms with Crippen molar-refractivity contribution in [2.75, 3.05) is 26.3 Å². The maximum absolute atomic E-state index is 12.5. The third kappa shape index (κ3) is 4.56. The SMILES string of the molecule is O=C(NC[C@@H](O)C1CCOCC1)[C@@H]1CCCN1Cc1ccccc1. The Kier molecular flexibility index (Phi) is 6.24. The third-order valence-corrected chi connectivity index (χ3v) is 5.19. The van der Waals surface area contributed by atoms with E-state index in [2.05, 4.69) is 22.3 Å². The molecule has 1 aromatic carbocycles. The van der Waals surface area contributed by atoms with Crippen LogP contribution in [0.5, 0.6) is 0 Å². The van der Waals surface area contributed by atoms with Gasteiger partial charge in [-0.25, -0.2) is 0 Å². The monoisotopic (exact) mass is 332 g/mol. The van der Waals surface area contributed by atoms with Crippen LogP contribution < -0.4 is 5.32 Å². The number of amides is 1. The lowest BCUT2D eigenvalue weighted by molar-refractivity contribution is -0.126. The Bertz CT molecular complexity index is 517. The Labute approximate surface area is 144 Å². The van der Waals surface area contributed by atoms with Gasteiger partial charge in [-0.05, 0) is 43.7 Å². The van der Waals surface area contributed by atoms with Gasteiger partial charge in [0.15, 0.2) is 0 Å². The van der Waals surface area contributed by atoms with E-state index in [1.165, 1.54) is 5.56 Å². The van der Waals surface area contributed by atoms with Gasteiger partial charge in [-0.2, -0.15) is 0 Å². The van der Waals surface area contributed by atoms with Gasteiger partial charge in [0.05, 0.1) is 12.1 Å². The fourth-order valence-electron chi connectivity index (χ4n) is 3.72. The fraction of sp³-hybridized carbons (Fsp3) is 0.632.